The maximum atomic E-state index is 12.0. The summed E-state index contributed by atoms with van der Waals surface area (Å²) in [5.74, 6) is 2.18. The summed E-state index contributed by atoms with van der Waals surface area (Å²) in [6.07, 6.45) is 3.22. The number of amides is 2. The van der Waals surface area contributed by atoms with Crippen LogP contribution in [0.3, 0.4) is 0 Å². The van der Waals surface area contributed by atoms with Gasteiger partial charge in [-0.15, -0.1) is 10.2 Å². The third-order valence-corrected chi connectivity index (χ3v) is 5.35. The summed E-state index contributed by atoms with van der Waals surface area (Å²) >= 11 is 1.43. The molecule has 23 heavy (non-hydrogen) atoms. The number of urea groups is 1. The van der Waals surface area contributed by atoms with E-state index in [0.717, 1.165) is 23.5 Å². The fraction of sp³-hybridized carbons (Fsp3) is 0.600. The molecule has 2 amide bonds. The zero-order valence-corrected chi connectivity index (χ0v) is 14.4. The van der Waals surface area contributed by atoms with Crippen LogP contribution in [0.4, 0.5) is 15.7 Å². The first-order chi connectivity index (χ1) is 11.1. The Morgan fingerprint density at radius 1 is 1.39 bits per heavy atom. The predicted molar refractivity (Wildman–Crippen MR) is 91.0 cm³/mol. The Kier molecular flexibility index (Phi) is 4.61. The van der Waals surface area contributed by atoms with Gasteiger partial charge >= 0.3 is 6.03 Å². The molecule has 7 nitrogen and oxygen atoms in total. The van der Waals surface area contributed by atoms with Crippen molar-refractivity contribution in [2.75, 3.05) is 10.6 Å². The molecule has 124 valence electrons. The number of rotatable bonds is 6. The number of carbonyl (C=O) groups is 1. The van der Waals surface area contributed by atoms with E-state index in [9.17, 15) is 4.79 Å². The normalized spacial score (nSPS) is 19.8. The molecule has 0 spiro atoms. The molecule has 3 rings (SSSR count). The fourth-order valence-electron chi connectivity index (χ4n) is 2.68. The number of nitrogens with one attached hydrogen (secondary N) is 3. The molecule has 2 atom stereocenters. The molecule has 0 saturated heterocycles. The number of aromatic nitrogens is 4. The van der Waals surface area contributed by atoms with Crippen molar-refractivity contribution < 1.29 is 4.79 Å². The van der Waals surface area contributed by atoms with Crippen molar-refractivity contribution in [2.45, 2.75) is 51.9 Å². The summed E-state index contributed by atoms with van der Waals surface area (Å²) in [5.41, 5.74) is 1.08. The van der Waals surface area contributed by atoms with Gasteiger partial charge in [0, 0.05) is 23.6 Å². The van der Waals surface area contributed by atoms with Crippen LogP contribution in [0.25, 0.3) is 0 Å². The molecule has 2 unspecified atom stereocenters. The molecule has 3 N–H and O–H groups in total. The van der Waals surface area contributed by atoms with E-state index in [1.165, 1.54) is 17.8 Å². The fourth-order valence-corrected chi connectivity index (χ4v) is 3.68. The number of aromatic amines is 1. The average molecular weight is 334 g/mol. The lowest BCUT2D eigenvalue weighted by Gasteiger charge is -2.05. The largest absolute Gasteiger partial charge is 0.326 e. The van der Waals surface area contributed by atoms with Gasteiger partial charge in [0.1, 0.15) is 5.01 Å². The topological polar surface area (TPSA) is 95.6 Å². The van der Waals surface area contributed by atoms with E-state index in [0.29, 0.717) is 28.7 Å². The molecule has 0 aromatic carbocycles. The molecule has 1 aliphatic rings. The molecular weight excluding hydrogens is 312 g/mol. The molecule has 0 radical (unpaired) electrons. The molecule has 1 saturated carbocycles. The second kappa shape index (κ2) is 6.66. The van der Waals surface area contributed by atoms with Crippen LogP contribution < -0.4 is 10.6 Å². The highest BCUT2D eigenvalue weighted by Crippen LogP contribution is 2.46. The van der Waals surface area contributed by atoms with Crippen molar-refractivity contribution in [3.63, 3.8) is 0 Å². The summed E-state index contributed by atoms with van der Waals surface area (Å²) in [6.45, 7) is 6.47. The molecule has 2 aromatic rings. The second-order valence-corrected chi connectivity index (χ2v) is 7.08. The molecule has 8 heteroatoms. The SMILES string of the molecule is CCC(CC)c1nnc(NC(=O)Nc2cc(C3CC3C)[nH]n2)s1. The zero-order chi connectivity index (χ0) is 16.4. The van der Waals surface area contributed by atoms with E-state index < -0.39 is 0 Å². The summed E-state index contributed by atoms with van der Waals surface area (Å²) in [6, 6.07) is 1.54. The zero-order valence-electron chi connectivity index (χ0n) is 13.6. The van der Waals surface area contributed by atoms with Crippen molar-refractivity contribution in [1.29, 1.82) is 0 Å². The van der Waals surface area contributed by atoms with E-state index in [-0.39, 0.29) is 6.03 Å². The number of H-pyrrole nitrogens is 1. The van der Waals surface area contributed by atoms with Gasteiger partial charge in [0.05, 0.1) is 0 Å². The van der Waals surface area contributed by atoms with Crippen molar-refractivity contribution in [3.8, 4) is 0 Å². The molecule has 0 bridgehead atoms. The van der Waals surface area contributed by atoms with Gasteiger partial charge in [0.25, 0.3) is 0 Å². The van der Waals surface area contributed by atoms with Gasteiger partial charge in [-0.2, -0.15) is 5.10 Å². The summed E-state index contributed by atoms with van der Waals surface area (Å²) < 4.78 is 0. The van der Waals surface area contributed by atoms with Crippen LogP contribution in [-0.4, -0.2) is 26.4 Å². The maximum absolute atomic E-state index is 12.0. The monoisotopic (exact) mass is 334 g/mol. The minimum absolute atomic E-state index is 0.348. The maximum Gasteiger partial charge on any atom is 0.326 e. The van der Waals surface area contributed by atoms with Gasteiger partial charge in [-0.05, 0) is 25.2 Å². The first-order valence-corrected chi connectivity index (χ1v) is 8.89. The molecule has 2 aromatic heterocycles. The minimum atomic E-state index is -0.348. The quantitative estimate of drug-likeness (QED) is 0.745. The van der Waals surface area contributed by atoms with Crippen molar-refractivity contribution >= 4 is 28.3 Å². The van der Waals surface area contributed by atoms with Crippen molar-refractivity contribution in [1.82, 2.24) is 20.4 Å². The highest BCUT2D eigenvalue weighted by molar-refractivity contribution is 7.15. The van der Waals surface area contributed by atoms with Gasteiger partial charge in [0.2, 0.25) is 5.13 Å². The van der Waals surface area contributed by atoms with E-state index in [2.05, 4.69) is 51.8 Å². The number of anilines is 2. The van der Waals surface area contributed by atoms with Crippen molar-refractivity contribution in [3.05, 3.63) is 16.8 Å². The van der Waals surface area contributed by atoms with Crippen LogP contribution >= 0.6 is 11.3 Å². The molecule has 1 aliphatic carbocycles. The van der Waals surface area contributed by atoms with E-state index >= 15 is 0 Å². The van der Waals surface area contributed by atoms with Crippen LogP contribution in [0, 0.1) is 5.92 Å². The molecular formula is C15H22N6OS. The number of nitrogens with zero attached hydrogens (tertiary/aromatic N) is 3. The van der Waals surface area contributed by atoms with Crippen LogP contribution in [-0.2, 0) is 0 Å². The third-order valence-electron chi connectivity index (χ3n) is 4.34. The van der Waals surface area contributed by atoms with E-state index in [4.69, 9.17) is 0 Å². The Balaban J connectivity index is 1.56. The summed E-state index contributed by atoms with van der Waals surface area (Å²) in [7, 11) is 0. The Hall–Kier alpha value is -1.96. The average Bonchev–Trinajstić information content (AvgIpc) is 2.91. The van der Waals surface area contributed by atoms with Gasteiger partial charge in [-0.1, -0.05) is 32.1 Å². The Morgan fingerprint density at radius 2 is 2.13 bits per heavy atom. The molecule has 2 heterocycles. The lowest BCUT2D eigenvalue weighted by Crippen LogP contribution is -2.19. The highest BCUT2D eigenvalue weighted by atomic mass is 32.1. The number of hydrogen-bond acceptors (Lipinski definition) is 5. The van der Waals surface area contributed by atoms with E-state index in [1.807, 2.05) is 6.07 Å². The first-order valence-electron chi connectivity index (χ1n) is 8.07. The lowest BCUT2D eigenvalue weighted by atomic mass is 10.1. The van der Waals surface area contributed by atoms with Crippen LogP contribution in [0.2, 0.25) is 0 Å². The first kappa shape index (κ1) is 15.9. The van der Waals surface area contributed by atoms with Crippen LogP contribution in [0.1, 0.15) is 62.6 Å². The van der Waals surface area contributed by atoms with Crippen LogP contribution in [0.15, 0.2) is 6.07 Å². The molecule has 0 aliphatic heterocycles. The smallest absolute Gasteiger partial charge is 0.291 e. The standard InChI is InChI=1S/C15H22N6OS/c1-4-9(5-2)13-20-21-15(23-13)17-14(22)16-12-7-11(18-19-12)10-6-8(10)3/h7-10H,4-6H2,1-3H3,(H3,16,17,18,19,21,22). The van der Waals surface area contributed by atoms with Crippen LogP contribution in [0.5, 0.6) is 0 Å². The number of hydrogen-bond donors (Lipinski definition) is 3. The number of carbonyl (C=O) groups excluding carboxylic acids is 1. The minimum Gasteiger partial charge on any atom is -0.291 e. The third kappa shape index (κ3) is 3.69. The van der Waals surface area contributed by atoms with Gasteiger partial charge in [0.15, 0.2) is 5.82 Å². The highest BCUT2D eigenvalue weighted by Gasteiger charge is 2.35. The summed E-state index contributed by atoms with van der Waals surface area (Å²) in [5, 5.41) is 22.2. The van der Waals surface area contributed by atoms with Crippen molar-refractivity contribution in [2.24, 2.45) is 5.92 Å². The van der Waals surface area contributed by atoms with Gasteiger partial charge in [-0.25, -0.2) is 4.79 Å². The van der Waals surface area contributed by atoms with Gasteiger partial charge < -0.3 is 0 Å². The van der Waals surface area contributed by atoms with E-state index in [1.54, 1.807) is 0 Å². The molecule has 1 fully saturated rings. The summed E-state index contributed by atoms with van der Waals surface area (Å²) in [4.78, 5) is 12.0. The predicted octanol–water partition coefficient (Wildman–Crippen LogP) is 3.93. The Labute approximate surface area is 139 Å². The van der Waals surface area contributed by atoms with Gasteiger partial charge in [-0.3, -0.25) is 15.7 Å². The Bertz CT molecular complexity index is 677. The second-order valence-electron chi connectivity index (χ2n) is 6.07. The Morgan fingerprint density at radius 3 is 2.78 bits per heavy atom. The lowest BCUT2D eigenvalue weighted by molar-refractivity contribution is 0.262.